The number of anilines is 12. The van der Waals surface area contributed by atoms with Crippen molar-refractivity contribution in [1.29, 1.82) is 0 Å². The highest BCUT2D eigenvalue weighted by molar-refractivity contribution is 8.00. The van der Waals surface area contributed by atoms with Gasteiger partial charge in [0, 0.05) is 61.9 Å². The van der Waals surface area contributed by atoms with Crippen LogP contribution < -0.4 is 19.6 Å². The molecule has 0 unspecified atom stereocenters. The molecular weight excluding hydrogens is 833 g/mol. The number of fused-ring (bicyclic) bond motifs is 8. The molecular formula is C54H34N4S4. The van der Waals surface area contributed by atoms with Crippen LogP contribution in [0.3, 0.4) is 0 Å². The summed E-state index contributed by atoms with van der Waals surface area (Å²) in [4.78, 5) is 19.7. The summed E-state index contributed by atoms with van der Waals surface area (Å²) in [6, 6.07) is 75.6. The Labute approximate surface area is 377 Å². The molecule has 4 heterocycles. The van der Waals surface area contributed by atoms with Crippen LogP contribution in [0.4, 0.5) is 68.2 Å². The van der Waals surface area contributed by atoms with E-state index in [2.05, 4.69) is 226 Å². The molecule has 0 amide bonds. The van der Waals surface area contributed by atoms with E-state index in [1.54, 1.807) is 0 Å². The predicted octanol–water partition coefficient (Wildman–Crippen LogP) is 17.4. The third-order valence-electron chi connectivity index (χ3n) is 11.8. The lowest BCUT2D eigenvalue weighted by Crippen LogP contribution is -2.19. The number of hydrogen-bond acceptors (Lipinski definition) is 8. The molecule has 294 valence electrons. The van der Waals surface area contributed by atoms with Crippen molar-refractivity contribution in [2.45, 2.75) is 39.2 Å². The third-order valence-corrected chi connectivity index (χ3v) is 16.3. The Bertz CT molecular complexity index is 2980. The highest BCUT2D eigenvalue weighted by Crippen LogP contribution is 2.59. The first-order chi connectivity index (χ1) is 30.7. The van der Waals surface area contributed by atoms with E-state index >= 15 is 0 Å². The molecule has 9 aromatic rings. The van der Waals surface area contributed by atoms with Crippen molar-refractivity contribution in [1.82, 2.24) is 0 Å². The minimum absolute atomic E-state index is 1.11. The van der Waals surface area contributed by atoms with Gasteiger partial charge in [-0.15, -0.1) is 0 Å². The third kappa shape index (κ3) is 5.82. The molecule has 0 bridgehead atoms. The van der Waals surface area contributed by atoms with Crippen LogP contribution in [0.15, 0.2) is 245 Å². The van der Waals surface area contributed by atoms with Gasteiger partial charge in [0.15, 0.2) is 0 Å². The molecule has 0 saturated heterocycles. The van der Waals surface area contributed by atoms with Crippen molar-refractivity contribution in [2.75, 3.05) is 19.6 Å². The van der Waals surface area contributed by atoms with Crippen LogP contribution in [0.5, 0.6) is 0 Å². The Hall–Kier alpha value is -6.42. The van der Waals surface area contributed by atoms with E-state index in [0.717, 1.165) is 34.1 Å². The molecule has 0 aromatic heterocycles. The van der Waals surface area contributed by atoms with Gasteiger partial charge in [-0.3, -0.25) is 0 Å². The predicted molar refractivity (Wildman–Crippen MR) is 262 cm³/mol. The van der Waals surface area contributed by atoms with Crippen LogP contribution >= 0.6 is 47.0 Å². The molecule has 0 N–H and O–H groups in total. The van der Waals surface area contributed by atoms with Crippen LogP contribution in [-0.4, -0.2) is 0 Å². The second-order valence-electron chi connectivity index (χ2n) is 15.4. The molecule has 8 heteroatoms. The minimum Gasteiger partial charge on any atom is -0.308 e. The average molecular weight is 867 g/mol. The van der Waals surface area contributed by atoms with Gasteiger partial charge in [0.1, 0.15) is 0 Å². The molecule has 4 aliphatic rings. The maximum absolute atomic E-state index is 2.45. The van der Waals surface area contributed by atoms with Gasteiger partial charge in [0.25, 0.3) is 0 Å². The highest BCUT2D eigenvalue weighted by Gasteiger charge is 2.32. The average Bonchev–Trinajstić information content (AvgIpc) is 3.33. The van der Waals surface area contributed by atoms with Crippen LogP contribution in [0.25, 0.3) is 0 Å². The van der Waals surface area contributed by atoms with E-state index in [-0.39, 0.29) is 0 Å². The summed E-state index contributed by atoms with van der Waals surface area (Å²) in [5.41, 5.74) is 14.1. The zero-order valence-corrected chi connectivity index (χ0v) is 36.3. The van der Waals surface area contributed by atoms with Gasteiger partial charge < -0.3 is 19.6 Å². The maximum atomic E-state index is 2.45. The number of para-hydroxylation sites is 6. The SMILES string of the molecule is c1ccc2c(c1)Sc1ccccc1N2c1ccc(N2c3ccc(N4c5ccccc5Sc5ccccc54)cc3Sc3cc(N4c5ccccc5Sc5ccccc54)ccc32)cc1. The Balaban J connectivity index is 0.963. The Kier molecular flexibility index (Phi) is 8.54. The molecule has 0 radical (unpaired) electrons. The van der Waals surface area contributed by atoms with Gasteiger partial charge in [-0.05, 0) is 133 Å². The number of benzene rings is 9. The van der Waals surface area contributed by atoms with Crippen molar-refractivity contribution < 1.29 is 0 Å². The highest BCUT2D eigenvalue weighted by atomic mass is 32.2. The lowest BCUT2D eigenvalue weighted by molar-refractivity contribution is 1.12. The van der Waals surface area contributed by atoms with Gasteiger partial charge >= 0.3 is 0 Å². The first-order valence-electron chi connectivity index (χ1n) is 20.6. The maximum Gasteiger partial charge on any atom is 0.0603 e. The topological polar surface area (TPSA) is 13.0 Å². The van der Waals surface area contributed by atoms with Crippen molar-refractivity contribution in [3.63, 3.8) is 0 Å². The fourth-order valence-electron chi connectivity index (χ4n) is 9.04. The molecule has 0 fully saturated rings. The second-order valence-corrected chi connectivity index (χ2v) is 19.7. The number of hydrogen-bond donors (Lipinski definition) is 0. The van der Waals surface area contributed by atoms with Gasteiger partial charge in [-0.1, -0.05) is 120 Å². The van der Waals surface area contributed by atoms with Gasteiger partial charge in [0.2, 0.25) is 0 Å². The molecule has 62 heavy (non-hydrogen) atoms. The van der Waals surface area contributed by atoms with E-state index in [9.17, 15) is 0 Å². The fourth-order valence-corrected chi connectivity index (χ4v) is 13.3. The zero-order chi connectivity index (χ0) is 40.7. The van der Waals surface area contributed by atoms with Crippen LogP contribution in [0.1, 0.15) is 0 Å². The largest absolute Gasteiger partial charge is 0.308 e. The second kappa shape index (κ2) is 14.6. The van der Waals surface area contributed by atoms with Gasteiger partial charge in [-0.25, -0.2) is 0 Å². The summed E-state index contributed by atoms with van der Waals surface area (Å²) < 4.78 is 0. The lowest BCUT2D eigenvalue weighted by Gasteiger charge is -2.37. The van der Waals surface area contributed by atoms with Crippen molar-refractivity contribution in [3.8, 4) is 0 Å². The Morgan fingerprint density at radius 2 is 0.403 bits per heavy atom. The monoisotopic (exact) mass is 866 g/mol. The first-order valence-corrected chi connectivity index (χ1v) is 23.8. The standard InChI is InChI=1S/C54H34N4S4/c1-7-19-47-39(13-1)55(40-14-2-8-20-48(40)59-47)35-25-27-36(28-26-35)56-45-31-29-37(57-41-15-3-9-21-49(41)60-50-22-10-4-16-42(50)57)33-53(45)62-54-34-38(30-32-46(54)56)58-43-17-5-11-23-51(43)61-52-24-12-6-18-44(52)58/h1-34H. The van der Waals surface area contributed by atoms with Crippen LogP contribution in [-0.2, 0) is 0 Å². The molecule has 4 aliphatic heterocycles. The Morgan fingerprint density at radius 3 is 0.694 bits per heavy atom. The van der Waals surface area contributed by atoms with Crippen molar-refractivity contribution in [3.05, 3.63) is 206 Å². The summed E-state index contributed by atoms with van der Waals surface area (Å²) in [7, 11) is 0. The van der Waals surface area contributed by atoms with E-state index in [1.807, 2.05) is 47.0 Å². The molecule has 0 aliphatic carbocycles. The molecule has 0 spiro atoms. The Morgan fingerprint density at radius 1 is 0.194 bits per heavy atom. The quantitative estimate of drug-likeness (QED) is 0.171. The first kappa shape index (κ1) is 36.3. The minimum atomic E-state index is 1.11. The summed E-state index contributed by atoms with van der Waals surface area (Å²) >= 11 is 7.38. The smallest absolute Gasteiger partial charge is 0.0603 e. The molecule has 4 nitrogen and oxygen atoms in total. The van der Waals surface area contributed by atoms with Crippen molar-refractivity contribution >= 4 is 115 Å². The van der Waals surface area contributed by atoms with Crippen LogP contribution in [0, 0.1) is 0 Å². The zero-order valence-electron chi connectivity index (χ0n) is 33.1. The normalized spacial score (nSPS) is 14.1. The van der Waals surface area contributed by atoms with Gasteiger partial charge in [0.05, 0.1) is 45.5 Å². The van der Waals surface area contributed by atoms with Crippen LogP contribution in [0.2, 0.25) is 0 Å². The summed E-state index contributed by atoms with van der Waals surface area (Å²) in [6.07, 6.45) is 0. The lowest BCUT2D eigenvalue weighted by atomic mass is 10.1. The molecule has 9 aromatic carbocycles. The fraction of sp³-hybridized carbons (Fsp3) is 0. The summed E-state index contributed by atoms with van der Waals surface area (Å²) in [6.45, 7) is 0. The van der Waals surface area contributed by atoms with E-state index in [0.29, 0.717) is 0 Å². The van der Waals surface area contributed by atoms with Crippen molar-refractivity contribution in [2.24, 2.45) is 0 Å². The number of nitrogens with zero attached hydrogens (tertiary/aromatic N) is 4. The molecule has 0 saturated carbocycles. The van der Waals surface area contributed by atoms with E-state index in [4.69, 9.17) is 0 Å². The molecule has 13 rings (SSSR count). The summed E-state index contributed by atoms with van der Waals surface area (Å²) in [5.74, 6) is 0. The summed E-state index contributed by atoms with van der Waals surface area (Å²) in [5, 5.41) is 0. The number of rotatable bonds is 4. The van der Waals surface area contributed by atoms with Gasteiger partial charge in [-0.2, -0.15) is 0 Å². The van der Waals surface area contributed by atoms with E-state index < -0.39 is 0 Å². The molecule has 0 atom stereocenters. The van der Waals surface area contributed by atoms with E-state index in [1.165, 1.54) is 73.3 Å².